The molecule has 0 saturated heterocycles. The Morgan fingerprint density at radius 3 is 0.429 bits per heavy atom. The normalized spacial score (nSPS) is 0. The van der Waals surface area contributed by atoms with Crippen LogP contribution in [0, 0.1) is 0 Å². The smallest absolute Gasteiger partial charge is 0 e. The van der Waals surface area contributed by atoms with Crippen molar-refractivity contribution >= 4 is 0 Å². The largest absolute Gasteiger partial charge is 0.412 e. The molecule has 0 rings (SSSR count). The minimum Gasteiger partial charge on any atom is -0.412 e. The summed E-state index contributed by atoms with van der Waals surface area (Å²) in [5, 5.41) is 0. The van der Waals surface area contributed by atoms with Crippen LogP contribution >= 0.6 is 0 Å². The maximum absolute atomic E-state index is 0. The molecule has 4 nitrogen and oxygen atoms in total. The standard InChI is InChI=1S/Fe.2Ni.4H2O/h;;;4*1H2. The van der Waals surface area contributed by atoms with Crippen molar-refractivity contribution in [2.45, 2.75) is 0 Å². The summed E-state index contributed by atoms with van der Waals surface area (Å²) in [4.78, 5) is 0. The van der Waals surface area contributed by atoms with Crippen LogP contribution in [0.4, 0.5) is 0 Å². The zero-order valence-electron chi connectivity index (χ0n) is 2.99. The summed E-state index contributed by atoms with van der Waals surface area (Å²) in [5.41, 5.74) is 0. The van der Waals surface area contributed by atoms with Gasteiger partial charge in [0.15, 0.2) is 0 Å². The summed E-state index contributed by atoms with van der Waals surface area (Å²) in [5.74, 6) is 0. The number of hydrogen-bond acceptors (Lipinski definition) is 0. The SMILES string of the molecule is O.O.O.O.[Fe].[Ni].[Ni]. The van der Waals surface area contributed by atoms with Gasteiger partial charge in [0.1, 0.15) is 0 Å². The first-order valence-electron chi connectivity index (χ1n) is 0. The first-order valence-corrected chi connectivity index (χ1v) is 0. The van der Waals surface area contributed by atoms with E-state index in [0.717, 1.165) is 0 Å². The summed E-state index contributed by atoms with van der Waals surface area (Å²) >= 11 is 0. The van der Waals surface area contributed by atoms with Crippen molar-refractivity contribution in [2.75, 3.05) is 0 Å². The summed E-state index contributed by atoms with van der Waals surface area (Å²) in [6.45, 7) is 0. The van der Waals surface area contributed by atoms with E-state index in [4.69, 9.17) is 0 Å². The number of hydrogen-bond donors (Lipinski definition) is 0. The molecule has 0 saturated carbocycles. The minimum atomic E-state index is 0. The first-order chi connectivity index (χ1) is 0. The molecule has 0 spiro atoms. The van der Waals surface area contributed by atoms with Crippen molar-refractivity contribution in [3.63, 3.8) is 0 Å². The Hall–Kier alpha value is 1.35. The molecule has 0 unspecified atom stereocenters. The third-order valence-electron chi connectivity index (χ3n) is 0. The monoisotopic (exact) mass is 244 g/mol. The molecule has 0 aromatic carbocycles. The molecule has 0 aliphatic heterocycles. The molecule has 60 valence electrons. The van der Waals surface area contributed by atoms with Crippen molar-refractivity contribution in [1.29, 1.82) is 0 Å². The van der Waals surface area contributed by atoms with Gasteiger partial charge in [-0.2, -0.15) is 0 Å². The summed E-state index contributed by atoms with van der Waals surface area (Å²) in [7, 11) is 0. The van der Waals surface area contributed by atoms with Gasteiger partial charge in [0.25, 0.3) is 0 Å². The summed E-state index contributed by atoms with van der Waals surface area (Å²) in [6.07, 6.45) is 0. The molecular formula is H8FeNi2O4. The van der Waals surface area contributed by atoms with Gasteiger partial charge in [-0.15, -0.1) is 0 Å². The summed E-state index contributed by atoms with van der Waals surface area (Å²) < 4.78 is 0. The van der Waals surface area contributed by atoms with E-state index < -0.39 is 0 Å². The third kappa shape index (κ3) is 116. The fourth-order valence-electron chi connectivity index (χ4n) is 0. The molecule has 0 aliphatic carbocycles. The molecule has 0 atom stereocenters. The van der Waals surface area contributed by atoms with E-state index in [1.165, 1.54) is 0 Å². The van der Waals surface area contributed by atoms with E-state index in [1.807, 2.05) is 0 Å². The van der Waals surface area contributed by atoms with Crippen LogP contribution in [0.2, 0.25) is 0 Å². The average Bonchev–Trinajstić information content (AvgIpc) is 0. The van der Waals surface area contributed by atoms with Gasteiger partial charge in [-0.1, -0.05) is 0 Å². The van der Waals surface area contributed by atoms with Crippen LogP contribution in [-0.2, 0) is 50.1 Å². The van der Waals surface area contributed by atoms with Crippen molar-refractivity contribution in [3.05, 3.63) is 0 Å². The first kappa shape index (κ1) is 248. The molecule has 0 aliphatic rings. The van der Waals surface area contributed by atoms with Crippen LogP contribution in [0.25, 0.3) is 0 Å². The van der Waals surface area contributed by atoms with Gasteiger partial charge in [0, 0.05) is 50.1 Å². The van der Waals surface area contributed by atoms with E-state index in [1.54, 1.807) is 0 Å². The van der Waals surface area contributed by atoms with E-state index >= 15 is 0 Å². The maximum atomic E-state index is 0. The fourth-order valence-corrected chi connectivity index (χ4v) is 0. The van der Waals surface area contributed by atoms with Crippen LogP contribution in [0.15, 0.2) is 0 Å². The Balaban J connectivity index is 0. The Morgan fingerprint density at radius 2 is 0.429 bits per heavy atom. The second-order valence-corrected chi connectivity index (χ2v) is 0. The van der Waals surface area contributed by atoms with Crippen LogP contribution in [0.3, 0.4) is 0 Å². The van der Waals surface area contributed by atoms with Crippen LogP contribution < -0.4 is 0 Å². The molecule has 0 aromatic rings. The van der Waals surface area contributed by atoms with Crippen molar-refractivity contribution < 1.29 is 72.0 Å². The molecule has 8 N–H and O–H groups in total. The minimum absolute atomic E-state index is 0. The molecule has 7 heavy (non-hydrogen) atoms. The maximum Gasteiger partial charge on any atom is 0 e. The van der Waals surface area contributed by atoms with Gasteiger partial charge in [-0.3, -0.25) is 0 Å². The van der Waals surface area contributed by atoms with E-state index in [2.05, 4.69) is 0 Å². The van der Waals surface area contributed by atoms with Gasteiger partial charge < -0.3 is 21.9 Å². The molecule has 0 fully saturated rings. The third-order valence-corrected chi connectivity index (χ3v) is 0. The molecule has 0 bridgehead atoms. The van der Waals surface area contributed by atoms with Gasteiger partial charge in [-0.25, -0.2) is 0 Å². The van der Waals surface area contributed by atoms with Crippen LogP contribution in [0.5, 0.6) is 0 Å². The molecule has 0 radical (unpaired) electrons. The Bertz CT molecular complexity index is 9.65. The topological polar surface area (TPSA) is 126 Å². The molecular weight excluding hydrogens is 237 g/mol. The Morgan fingerprint density at radius 1 is 0.429 bits per heavy atom. The van der Waals surface area contributed by atoms with Gasteiger partial charge in [0.05, 0.1) is 0 Å². The predicted molar refractivity (Wildman–Crippen MR) is 14.5 cm³/mol. The van der Waals surface area contributed by atoms with Crippen LogP contribution in [-0.4, -0.2) is 21.9 Å². The quantitative estimate of drug-likeness (QED) is 0.396. The molecule has 0 heterocycles. The van der Waals surface area contributed by atoms with Crippen molar-refractivity contribution in [3.8, 4) is 0 Å². The van der Waals surface area contributed by atoms with E-state index in [9.17, 15) is 0 Å². The molecule has 0 amide bonds. The molecule has 7 heteroatoms. The van der Waals surface area contributed by atoms with Crippen molar-refractivity contribution in [1.82, 2.24) is 0 Å². The van der Waals surface area contributed by atoms with Crippen molar-refractivity contribution in [2.24, 2.45) is 0 Å². The van der Waals surface area contributed by atoms with E-state index in [-0.39, 0.29) is 72.0 Å². The average molecular weight is 245 g/mol. The zero-order chi connectivity index (χ0) is 0. The Kier molecular flexibility index (Phi) is 5790. The Labute approximate surface area is 72.0 Å². The van der Waals surface area contributed by atoms with Crippen LogP contribution in [0.1, 0.15) is 0 Å². The van der Waals surface area contributed by atoms with Gasteiger partial charge >= 0.3 is 0 Å². The summed E-state index contributed by atoms with van der Waals surface area (Å²) in [6, 6.07) is 0. The van der Waals surface area contributed by atoms with Gasteiger partial charge in [-0.05, 0) is 0 Å². The number of rotatable bonds is 0. The second kappa shape index (κ2) is 163. The van der Waals surface area contributed by atoms with E-state index in [0.29, 0.717) is 0 Å². The second-order valence-electron chi connectivity index (χ2n) is 0. The fraction of sp³-hybridized carbons (Fsp3) is 0. The molecule has 0 aromatic heterocycles. The van der Waals surface area contributed by atoms with Gasteiger partial charge in [0.2, 0.25) is 0 Å². The predicted octanol–water partition coefficient (Wildman–Crippen LogP) is -3.31. The zero-order valence-corrected chi connectivity index (χ0v) is 6.07.